The zero-order valence-electron chi connectivity index (χ0n) is 16.7. The Hall–Kier alpha value is -1.05. The first-order valence-corrected chi connectivity index (χ1v) is 11.3. The number of halogens is 1. The largest absolute Gasteiger partial charge is 0.357 e. The predicted octanol–water partition coefficient (Wildman–Crippen LogP) is 3.45. The highest BCUT2D eigenvalue weighted by Crippen LogP contribution is 2.21. The lowest BCUT2D eigenvalue weighted by Crippen LogP contribution is -2.39. The van der Waals surface area contributed by atoms with Crippen LogP contribution in [-0.4, -0.2) is 65.3 Å². The van der Waals surface area contributed by atoms with Gasteiger partial charge in [-0.05, 0) is 46.6 Å². The Bertz CT molecular complexity index is 599. The number of thioether (sulfide) groups is 1. The van der Waals surface area contributed by atoms with Crippen molar-refractivity contribution in [1.29, 1.82) is 0 Å². The molecule has 0 spiro atoms. The third kappa shape index (κ3) is 7.47. The maximum Gasteiger partial charge on any atom is 0.230 e. The highest BCUT2D eigenvalue weighted by atomic mass is 35.5. The smallest absolute Gasteiger partial charge is 0.230 e. The van der Waals surface area contributed by atoms with Gasteiger partial charge in [0.25, 0.3) is 0 Å². The second-order valence-corrected chi connectivity index (χ2v) is 8.21. The van der Waals surface area contributed by atoms with Crippen LogP contribution in [0.25, 0.3) is 0 Å². The Kier molecular flexibility index (Phi) is 9.65. The number of hydrogen-bond acceptors (Lipinski definition) is 6. The fraction of sp³-hybridized carbons (Fsp3) is 0.737. The Morgan fingerprint density at radius 3 is 2.85 bits per heavy atom. The molecule has 1 aromatic heterocycles. The molecule has 1 aliphatic rings. The average Bonchev–Trinajstić information content (AvgIpc) is 2.65. The third-order valence-electron chi connectivity index (χ3n) is 4.97. The van der Waals surface area contributed by atoms with Crippen LogP contribution in [0, 0.1) is 0 Å². The van der Waals surface area contributed by atoms with E-state index < -0.39 is 0 Å². The molecular formula is C19H32ClN5OS. The van der Waals surface area contributed by atoms with E-state index in [0.717, 1.165) is 31.9 Å². The van der Waals surface area contributed by atoms with Crippen molar-refractivity contribution in [2.24, 2.45) is 0 Å². The van der Waals surface area contributed by atoms with Gasteiger partial charge in [0.05, 0.1) is 5.75 Å². The summed E-state index contributed by atoms with van der Waals surface area (Å²) < 4.78 is 0. The van der Waals surface area contributed by atoms with Gasteiger partial charge in [-0.3, -0.25) is 4.79 Å². The lowest BCUT2D eigenvalue weighted by Gasteiger charge is -2.33. The van der Waals surface area contributed by atoms with E-state index in [0.29, 0.717) is 28.6 Å². The zero-order chi connectivity index (χ0) is 19.6. The van der Waals surface area contributed by atoms with Crippen LogP contribution in [-0.2, 0) is 4.79 Å². The molecule has 0 aliphatic carbocycles. The molecule has 27 heavy (non-hydrogen) atoms. The van der Waals surface area contributed by atoms with Crippen LogP contribution in [0.2, 0.25) is 5.15 Å². The van der Waals surface area contributed by atoms with Gasteiger partial charge in [0.2, 0.25) is 5.91 Å². The molecule has 0 bridgehead atoms. The van der Waals surface area contributed by atoms with Gasteiger partial charge in [0.15, 0.2) is 5.16 Å². The number of rotatable bonds is 10. The molecule has 0 aromatic carbocycles. The van der Waals surface area contributed by atoms with Crippen molar-refractivity contribution < 1.29 is 4.79 Å². The van der Waals surface area contributed by atoms with Crippen LogP contribution in [0.1, 0.15) is 46.5 Å². The molecule has 0 saturated carbocycles. The quantitative estimate of drug-likeness (QED) is 0.274. The molecule has 2 rings (SSSR count). The molecule has 152 valence electrons. The molecule has 1 unspecified atom stereocenters. The van der Waals surface area contributed by atoms with E-state index in [-0.39, 0.29) is 5.91 Å². The van der Waals surface area contributed by atoms with Gasteiger partial charge in [0.1, 0.15) is 11.0 Å². The summed E-state index contributed by atoms with van der Waals surface area (Å²) in [7, 11) is 0. The molecule has 6 nitrogen and oxygen atoms in total. The van der Waals surface area contributed by atoms with Gasteiger partial charge in [0, 0.05) is 38.3 Å². The SMILES string of the molecule is CCN(CC)c1cc(Cl)nc(SCC(=O)NCCCN2CCCCC2C)n1. The molecule has 1 atom stereocenters. The van der Waals surface area contributed by atoms with Crippen LogP contribution in [0.15, 0.2) is 11.2 Å². The fourth-order valence-corrected chi connectivity index (χ4v) is 4.25. The van der Waals surface area contributed by atoms with Crippen LogP contribution in [0.5, 0.6) is 0 Å². The second-order valence-electron chi connectivity index (χ2n) is 6.88. The van der Waals surface area contributed by atoms with Crippen molar-refractivity contribution in [3.8, 4) is 0 Å². The molecule has 1 amide bonds. The second kappa shape index (κ2) is 11.7. The summed E-state index contributed by atoms with van der Waals surface area (Å²) in [5.41, 5.74) is 0. The van der Waals surface area contributed by atoms with E-state index >= 15 is 0 Å². The van der Waals surface area contributed by atoms with Crippen LogP contribution < -0.4 is 10.2 Å². The monoisotopic (exact) mass is 413 g/mol. The number of carbonyl (C=O) groups excluding carboxylic acids is 1. The van der Waals surface area contributed by atoms with E-state index in [1.165, 1.54) is 37.6 Å². The van der Waals surface area contributed by atoms with Gasteiger partial charge >= 0.3 is 0 Å². The summed E-state index contributed by atoms with van der Waals surface area (Å²) >= 11 is 7.44. The predicted molar refractivity (Wildman–Crippen MR) is 114 cm³/mol. The van der Waals surface area contributed by atoms with Crippen molar-refractivity contribution in [2.45, 2.75) is 57.7 Å². The molecule has 1 saturated heterocycles. The van der Waals surface area contributed by atoms with Crippen LogP contribution in [0.3, 0.4) is 0 Å². The summed E-state index contributed by atoms with van der Waals surface area (Å²) in [5, 5.41) is 3.95. The third-order valence-corrected chi connectivity index (χ3v) is 6.01. The van der Waals surface area contributed by atoms with Gasteiger partial charge < -0.3 is 15.1 Å². The minimum atomic E-state index is 0.0136. The van der Waals surface area contributed by atoms with Crippen molar-refractivity contribution in [1.82, 2.24) is 20.2 Å². The Balaban J connectivity index is 1.72. The number of nitrogens with zero attached hydrogens (tertiary/aromatic N) is 4. The van der Waals surface area contributed by atoms with E-state index in [1.54, 1.807) is 6.07 Å². The van der Waals surface area contributed by atoms with Crippen LogP contribution >= 0.6 is 23.4 Å². The number of hydrogen-bond donors (Lipinski definition) is 1. The summed E-state index contributed by atoms with van der Waals surface area (Å²) in [6, 6.07) is 2.44. The van der Waals surface area contributed by atoms with Crippen molar-refractivity contribution in [3.05, 3.63) is 11.2 Å². The first-order chi connectivity index (χ1) is 13.0. The van der Waals surface area contributed by atoms with Gasteiger partial charge in [-0.2, -0.15) is 0 Å². The molecule has 1 fully saturated rings. The molecular weight excluding hydrogens is 382 g/mol. The molecule has 8 heteroatoms. The summed E-state index contributed by atoms with van der Waals surface area (Å²) in [4.78, 5) is 25.5. The van der Waals surface area contributed by atoms with E-state index in [9.17, 15) is 4.79 Å². The Morgan fingerprint density at radius 2 is 2.15 bits per heavy atom. The highest BCUT2D eigenvalue weighted by Gasteiger charge is 2.17. The number of amides is 1. The number of likely N-dealkylation sites (tertiary alicyclic amines) is 1. The van der Waals surface area contributed by atoms with Gasteiger partial charge in [-0.15, -0.1) is 0 Å². The lowest BCUT2D eigenvalue weighted by atomic mass is 10.0. The normalized spacial score (nSPS) is 17.7. The number of nitrogens with one attached hydrogen (secondary N) is 1. The van der Waals surface area contributed by atoms with E-state index in [4.69, 9.17) is 11.6 Å². The Morgan fingerprint density at radius 1 is 1.37 bits per heavy atom. The summed E-state index contributed by atoms with van der Waals surface area (Å²) in [6.45, 7) is 11.1. The first-order valence-electron chi connectivity index (χ1n) is 9.96. The fourth-order valence-electron chi connectivity index (χ4n) is 3.34. The number of aromatic nitrogens is 2. The van der Waals surface area contributed by atoms with E-state index in [2.05, 4.69) is 45.9 Å². The lowest BCUT2D eigenvalue weighted by molar-refractivity contribution is -0.118. The minimum absolute atomic E-state index is 0.0136. The van der Waals surface area contributed by atoms with Crippen LogP contribution in [0.4, 0.5) is 5.82 Å². The minimum Gasteiger partial charge on any atom is -0.357 e. The molecule has 1 aliphatic heterocycles. The van der Waals surface area contributed by atoms with Crippen molar-refractivity contribution in [3.63, 3.8) is 0 Å². The van der Waals surface area contributed by atoms with Gasteiger partial charge in [-0.1, -0.05) is 29.8 Å². The number of carbonyl (C=O) groups is 1. The Labute approximate surface area is 172 Å². The molecule has 2 heterocycles. The number of piperidine rings is 1. The van der Waals surface area contributed by atoms with Crippen molar-refractivity contribution >= 4 is 35.1 Å². The first kappa shape index (κ1) is 22.2. The zero-order valence-corrected chi connectivity index (χ0v) is 18.3. The molecule has 1 N–H and O–H groups in total. The average molecular weight is 414 g/mol. The summed E-state index contributed by atoms with van der Waals surface area (Å²) in [6.07, 6.45) is 4.91. The topological polar surface area (TPSA) is 61.4 Å². The standard InChI is InChI=1S/C19H32ClN5OS/c1-4-24(5-2)17-13-16(20)22-19(23-17)27-14-18(26)21-10-8-12-25-11-7-6-9-15(25)3/h13,15H,4-12,14H2,1-3H3,(H,21,26). The van der Waals surface area contributed by atoms with Crippen molar-refractivity contribution in [2.75, 3.05) is 43.4 Å². The van der Waals surface area contributed by atoms with Gasteiger partial charge in [-0.25, -0.2) is 9.97 Å². The maximum absolute atomic E-state index is 12.1. The summed E-state index contributed by atoms with van der Waals surface area (Å²) in [5.74, 6) is 1.12. The maximum atomic E-state index is 12.1. The number of anilines is 1. The van der Waals surface area contributed by atoms with E-state index in [1.807, 2.05) is 0 Å². The molecule has 1 aromatic rings. The highest BCUT2D eigenvalue weighted by molar-refractivity contribution is 7.99. The molecule has 0 radical (unpaired) electrons.